The fourth-order valence-electron chi connectivity index (χ4n) is 2.67. The number of primary amides is 1. The highest BCUT2D eigenvalue weighted by atomic mass is 16.5. The first-order valence-corrected chi connectivity index (χ1v) is 6.69. The third-order valence-electron chi connectivity index (χ3n) is 3.72. The zero-order chi connectivity index (χ0) is 16.0. The standard InChI is InChI=1S/C15H17N5O2/c1-19-7-9(14(17)21)13(22-3)12(19)15-18-10-6-8(16)4-5-11(10)20(15)2/h4-7H,16H2,1-3H3,(H2,17,21). The minimum absolute atomic E-state index is 0.326. The molecule has 0 aliphatic heterocycles. The van der Waals surface area contributed by atoms with Crippen LogP contribution in [0.3, 0.4) is 0 Å². The van der Waals surface area contributed by atoms with Crippen molar-refractivity contribution in [2.75, 3.05) is 12.8 Å². The number of benzene rings is 1. The van der Waals surface area contributed by atoms with Crippen LogP contribution in [0, 0.1) is 0 Å². The maximum atomic E-state index is 11.6. The van der Waals surface area contributed by atoms with E-state index < -0.39 is 5.91 Å². The smallest absolute Gasteiger partial charge is 0.254 e. The number of nitrogen functional groups attached to an aromatic ring is 1. The lowest BCUT2D eigenvalue weighted by Gasteiger charge is -2.07. The molecular formula is C15H17N5O2. The van der Waals surface area contributed by atoms with Gasteiger partial charge in [0.15, 0.2) is 11.6 Å². The molecule has 0 spiro atoms. The SMILES string of the molecule is COc1c(C(N)=O)cn(C)c1-c1nc2cc(N)ccc2n1C. The van der Waals surface area contributed by atoms with E-state index in [1.807, 2.05) is 36.9 Å². The normalized spacial score (nSPS) is 11.0. The van der Waals surface area contributed by atoms with Crippen LogP contribution in [0.25, 0.3) is 22.6 Å². The molecule has 4 N–H and O–H groups in total. The minimum Gasteiger partial charge on any atom is -0.494 e. The topological polar surface area (TPSA) is 101 Å². The number of rotatable bonds is 3. The number of hydrogen-bond donors (Lipinski definition) is 2. The number of ether oxygens (including phenoxy) is 1. The summed E-state index contributed by atoms with van der Waals surface area (Å²) in [5.41, 5.74) is 14.6. The lowest BCUT2D eigenvalue weighted by molar-refractivity contribution is 0.0997. The first kappa shape index (κ1) is 14.0. The third-order valence-corrected chi connectivity index (χ3v) is 3.72. The van der Waals surface area contributed by atoms with Crippen molar-refractivity contribution in [3.8, 4) is 17.3 Å². The fraction of sp³-hybridized carbons (Fsp3) is 0.200. The Morgan fingerprint density at radius 2 is 2.05 bits per heavy atom. The summed E-state index contributed by atoms with van der Waals surface area (Å²) in [6, 6.07) is 5.54. The summed E-state index contributed by atoms with van der Waals surface area (Å²) in [6.45, 7) is 0. The number of aryl methyl sites for hydroxylation is 2. The number of nitrogens with two attached hydrogens (primary N) is 2. The molecule has 0 aliphatic carbocycles. The van der Waals surface area contributed by atoms with Gasteiger partial charge in [0.1, 0.15) is 5.69 Å². The number of anilines is 1. The van der Waals surface area contributed by atoms with Gasteiger partial charge in [-0.3, -0.25) is 4.79 Å². The van der Waals surface area contributed by atoms with Gasteiger partial charge in [-0.2, -0.15) is 0 Å². The molecule has 2 aromatic heterocycles. The second-order valence-corrected chi connectivity index (χ2v) is 5.14. The van der Waals surface area contributed by atoms with Crippen LogP contribution in [-0.2, 0) is 14.1 Å². The van der Waals surface area contributed by atoms with E-state index in [2.05, 4.69) is 4.98 Å². The number of methoxy groups -OCH3 is 1. The minimum atomic E-state index is -0.540. The molecule has 0 atom stereocenters. The Morgan fingerprint density at radius 1 is 1.32 bits per heavy atom. The molecule has 7 heteroatoms. The highest BCUT2D eigenvalue weighted by Crippen LogP contribution is 2.35. The van der Waals surface area contributed by atoms with Gasteiger partial charge in [-0.15, -0.1) is 0 Å². The van der Waals surface area contributed by atoms with Crippen molar-refractivity contribution in [3.63, 3.8) is 0 Å². The largest absolute Gasteiger partial charge is 0.494 e. The van der Waals surface area contributed by atoms with Gasteiger partial charge in [-0.25, -0.2) is 4.98 Å². The molecule has 0 saturated carbocycles. The molecule has 0 unspecified atom stereocenters. The second kappa shape index (κ2) is 4.80. The van der Waals surface area contributed by atoms with Crippen LogP contribution in [0.2, 0.25) is 0 Å². The van der Waals surface area contributed by atoms with E-state index in [9.17, 15) is 4.79 Å². The number of hydrogen-bond acceptors (Lipinski definition) is 4. The molecule has 3 aromatic rings. The predicted molar refractivity (Wildman–Crippen MR) is 84.6 cm³/mol. The Labute approximate surface area is 127 Å². The Hall–Kier alpha value is -2.96. The van der Waals surface area contributed by atoms with Crippen LogP contribution >= 0.6 is 0 Å². The van der Waals surface area contributed by atoms with Crippen LogP contribution in [0.15, 0.2) is 24.4 Å². The highest BCUT2D eigenvalue weighted by molar-refractivity contribution is 5.98. The summed E-state index contributed by atoms with van der Waals surface area (Å²) in [4.78, 5) is 16.2. The predicted octanol–water partition coefficient (Wildman–Crippen LogP) is 1.27. The van der Waals surface area contributed by atoms with Gasteiger partial charge in [0.05, 0.1) is 23.7 Å². The molecule has 0 aliphatic rings. The van der Waals surface area contributed by atoms with Crippen molar-refractivity contribution < 1.29 is 9.53 Å². The highest BCUT2D eigenvalue weighted by Gasteiger charge is 2.23. The average Bonchev–Trinajstić information content (AvgIpc) is 2.96. The first-order valence-electron chi connectivity index (χ1n) is 6.69. The average molecular weight is 299 g/mol. The van der Waals surface area contributed by atoms with Crippen molar-refractivity contribution in [2.24, 2.45) is 19.8 Å². The van der Waals surface area contributed by atoms with Crippen molar-refractivity contribution >= 4 is 22.6 Å². The maximum Gasteiger partial charge on any atom is 0.254 e. The molecule has 0 fully saturated rings. The van der Waals surface area contributed by atoms with Crippen LogP contribution in [0.5, 0.6) is 5.75 Å². The molecule has 3 rings (SSSR count). The van der Waals surface area contributed by atoms with Gasteiger partial charge < -0.3 is 25.3 Å². The van der Waals surface area contributed by atoms with Crippen LogP contribution in [-0.4, -0.2) is 27.1 Å². The van der Waals surface area contributed by atoms with Crippen LogP contribution in [0.4, 0.5) is 5.69 Å². The maximum absolute atomic E-state index is 11.6. The van der Waals surface area contributed by atoms with Crippen LogP contribution < -0.4 is 16.2 Å². The monoisotopic (exact) mass is 299 g/mol. The molecule has 1 amide bonds. The lowest BCUT2D eigenvalue weighted by atomic mass is 10.2. The Balaban J connectivity index is 2.32. The summed E-state index contributed by atoms with van der Waals surface area (Å²) >= 11 is 0. The van der Waals surface area contributed by atoms with E-state index >= 15 is 0 Å². The molecule has 0 bridgehead atoms. The van der Waals surface area contributed by atoms with E-state index in [1.165, 1.54) is 7.11 Å². The second-order valence-electron chi connectivity index (χ2n) is 5.14. The molecule has 114 valence electrons. The van der Waals surface area contributed by atoms with Crippen LogP contribution in [0.1, 0.15) is 10.4 Å². The van der Waals surface area contributed by atoms with E-state index in [4.69, 9.17) is 16.2 Å². The zero-order valence-corrected chi connectivity index (χ0v) is 12.6. The van der Waals surface area contributed by atoms with Crippen molar-refractivity contribution in [2.45, 2.75) is 0 Å². The van der Waals surface area contributed by atoms with Crippen molar-refractivity contribution in [3.05, 3.63) is 30.0 Å². The summed E-state index contributed by atoms with van der Waals surface area (Å²) in [6.07, 6.45) is 1.64. The van der Waals surface area contributed by atoms with Gasteiger partial charge in [-0.05, 0) is 18.2 Å². The van der Waals surface area contributed by atoms with E-state index in [-0.39, 0.29) is 0 Å². The third kappa shape index (κ3) is 1.90. The molecule has 0 radical (unpaired) electrons. The van der Waals surface area contributed by atoms with Gasteiger partial charge >= 0.3 is 0 Å². The lowest BCUT2D eigenvalue weighted by Crippen LogP contribution is -2.11. The van der Waals surface area contributed by atoms with Gasteiger partial charge in [-0.1, -0.05) is 0 Å². The van der Waals surface area contributed by atoms with E-state index in [0.29, 0.717) is 28.5 Å². The molecule has 22 heavy (non-hydrogen) atoms. The van der Waals surface area contributed by atoms with Crippen molar-refractivity contribution in [1.29, 1.82) is 0 Å². The van der Waals surface area contributed by atoms with E-state index in [0.717, 1.165) is 11.0 Å². The summed E-state index contributed by atoms with van der Waals surface area (Å²) < 4.78 is 9.10. The first-order chi connectivity index (χ1) is 10.4. The fourth-order valence-corrected chi connectivity index (χ4v) is 2.67. The number of imidazole rings is 1. The van der Waals surface area contributed by atoms with Crippen molar-refractivity contribution in [1.82, 2.24) is 14.1 Å². The summed E-state index contributed by atoms with van der Waals surface area (Å²) in [5, 5.41) is 0. The Morgan fingerprint density at radius 3 is 2.68 bits per heavy atom. The molecule has 1 aromatic carbocycles. The van der Waals surface area contributed by atoms with Gasteiger partial charge in [0.2, 0.25) is 0 Å². The summed E-state index contributed by atoms with van der Waals surface area (Å²) in [5.74, 6) is 0.551. The van der Waals surface area contributed by atoms with Gasteiger partial charge in [0.25, 0.3) is 5.91 Å². The number of fused-ring (bicyclic) bond motifs is 1. The van der Waals surface area contributed by atoms with E-state index in [1.54, 1.807) is 10.8 Å². The zero-order valence-electron chi connectivity index (χ0n) is 12.6. The molecule has 2 heterocycles. The summed E-state index contributed by atoms with van der Waals surface area (Å²) in [7, 11) is 5.22. The number of amides is 1. The molecular weight excluding hydrogens is 282 g/mol. The van der Waals surface area contributed by atoms with Gasteiger partial charge in [0, 0.05) is 26.0 Å². The molecule has 0 saturated heterocycles. The Bertz CT molecular complexity index is 891. The number of aromatic nitrogens is 3. The number of nitrogens with zero attached hydrogens (tertiary/aromatic N) is 3. The molecule has 7 nitrogen and oxygen atoms in total. The Kier molecular flexibility index (Phi) is 3.05. The number of carbonyl (C=O) groups is 1. The number of carbonyl (C=O) groups excluding carboxylic acids is 1. The quantitative estimate of drug-likeness (QED) is 0.711.